The molecular weight excluding hydrogens is 470 g/mol. The zero-order chi connectivity index (χ0) is 21.9. The van der Waals surface area contributed by atoms with Gasteiger partial charge in [0.25, 0.3) is 10.0 Å². The smallest absolute Gasteiger partial charge is 0.266 e. The molecule has 3 aromatic rings. The predicted molar refractivity (Wildman–Crippen MR) is 119 cm³/mol. The molecule has 1 aromatic heterocycles. The Labute approximate surface area is 188 Å². The number of halogens is 3. The van der Waals surface area contributed by atoms with Crippen LogP contribution in [-0.2, 0) is 10.0 Å². The van der Waals surface area contributed by atoms with Gasteiger partial charge in [0.15, 0.2) is 5.13 Å². The Balaban J connectivity index is 1.95. The second kappa shape index (κ2) is 9.51. The van der Waals surface area contributed by atoms with Crippen molar-refractivity contribution in [2.24, 2.45) is 0 Å². The van der Waals surface area contributed by atoms with E-state index in [0.29, 0.717) is 10.8 Å². The minimum Gasteiger partial charge on any atom is -0.455 e. The first-order valence-corrected chi connectivity index (χ1v) is 12.0. The lowest BCUT2D eigenvalue weighted by Crippen LogP contribution is -2.14. The van der Waals surface area contributed by atoms with Crippen LogP contribution in [0.3, 0.4) is 0 Å². The second-order valence-corrected chi connectivity index (χ2v) is 9.68. The monoisotopic (exact) mass is 487 g/mol. The summed E-state index contributed by atoms with van der Waals surface area (Å²) in [6, 6.07) is 7.08. The highest BCUT2D eigenvalue weighted by Gasteiger charge is 2.24. The maximum absolute atomic E-state index is 14.7. The second-order valence-electron chi connectivity index (χ2n) is 6.29. The maximum atomic E-state index is 14.7. The Morgan fingerprint density at radius 3 is 2.67 bits per heavy atom. The normalized spacial score (nSPS) is 11.7. The number of rotatable bonds is 8. The van der Waals surface area contributed by atoms with Gasteiger partial charge in [0.05, 0.1) is 5.02 Å². The van der Waals surface area contributed by atoms with Crippen LogP contribution < -0.4 is 9.46 Å². The highest BCUT2D eigenvalue weighted by molar-refractivity contribution is 7.93. The van der Waals surface area contributed by atoms with E-state index in [1.54, 1.807) is 23.6 Å². The van der Waals surface area contributed by atoms with Crippen LogP contribution in [0, 0.1) is 12.2 Å². The summed E-state index contributed by atoms with van der Waals surface area (Å²) < 4.78 is 47.8. The first-order valence-electron chi connectivity index (χ1n) is 8.93. The molecule has 0 amide bonds. The third kappa shape index (κ3) is 5.06. The van der Waals surface area contributed by atoms with E-state index in [4.69, 9.17) is 27.9 Å². The maximum Gasteiger partial charge on any atom is 0.266 e. The number of nitrogens with one attached hydrogen (secondary N) is 1. The summed E-state index contributed by atoms with van der Waals surface area (Å²) in [7, 11) is -4.20. The van der Waals surface area contributed by atoms with Gasteiger partial charge in [-0.25, -0.2) is 17.8 Å². The van der Waals surface area contributed by atoms with Crippen LogP contribution in [0.25, 0.3) is 0 Å². The molecule has 3 rings (SSSR count). The van der Waals surface area contributed by atoms with Crippen molar-refractivity contribution in [1.82, 2.24) is 4.98 Å². The SMILES string of the molecule is C[CH]C(CC)c1cc(Cl)ccc1Oc1cc(F)c(S(=O)(=O)Nc2nccs2)cc1Cl. The number of hydrogen-bond acceptors (Lipinski definition) is 5. The van der Waals surface area contributed by atoms with E-state index in [-0.39, 0.29) is 21.8 Å². The van der Waals surface area contributed by atoms with Crippen molar-refractivity contribution in [3.63, 3.8) is 0 Å². The number of nitrogens with zero attached hydrogens (tertiary/aromatic N) is 1. The van der Waals surface area contributed by atoms with Gasteiger partial charge in [-0.3, -0.25) is 4.72 Å². The molecule has 2 aromatic carbocycles. The summed E-state index contributed by atoms with van der Waals surface area (Å²) in [5, 5.41) is 2.21. The molecule has 0 saturated heterocycles. The third-order valence-electron chi connectivity index (χ3n) is 4.36. The van der Waals surface area contributed by atoms with Gasteiger partial charge in [0, 0.05) is 22.7 Å². The zero-order valence-electron chi connectivity index (χ0n) is 16.0. The predicted octanol–water partition coefficient (Wildman–Crippen LogP) is 6.90. The number of anilines is 1. The molecule has 1 radical (unpaired) electrons. The standard InChI is InChI=1S/C20H18Cl2FN2O3S2/c1-3-12(4-2)14-9-13(21)5-6-17(14)28-18-11-16(23)19(10-15(18)22)30(26,27)25-20-24-7-8-29-20/h3,5-12H,4H2,1-2H3,(H,24,25). The van der Waals surface area contributed by atoms with Gasteiger partial charge < -0.3 is 4.74 Å². The number of ether oxygens (including phenoxy) is 1. The number of aromatic nitrogens is 1. The molecule has 10 heteroatoms. The van der Waals surface area contributed by atoms with Crippen LogP contribution in [-0.4, -0.2) is 13.4 Å². The van der Waals surface area contributed by atoms with Crippen LogP contribution in [0.4, 0.5) is 9.52 Å². The van der Waals surface area contributed by atoms with Crippen LogP contribution in [0.2, 0.25) is 10.0 Å². The molecule has 5 nitrogen and oxygen atoms in total. The summed E-state index contributed by atoms with van der Waals surface area (Å²) in [5.74, 6) is -0.466. The zero-order valence-corrected chi connectivity index (χ0v) is 19.2. The first-order chi connectivity index (χ1) is 14.2. The van der Waals surface area contributed by atoms with Crippen LogP contribution in [0.1, 0.15) is 31.7 Å². The van der Waals surface area contributed by atoms with E-state index in [1.807, 2.05) is 20.3 Å². The van der Waals surface area contributed by atoms with Crippen molar-refractivity contribution in [1.29, 1.82) is 0 Å². The lowest BCUT2D eigenvalue weighted by Gasteiger charge is -2.19. The van der Waals surface area contributed by atoms with E-state index < -0.39 is 20.7 Å². The molecule has 0 aliphatic heterocycles. The highest BCUT2D eigenvalue weighted by Crippen LogP contribution is 2.39. The van der Waals surface area contributed by atoms with E-state index in [2.05, 4.69) is 9.71 Å². The van der Waals surface area contributed by atoms with Crippen molar-refractivity contribution < 1.29 is 17.5 Å². The topological polar surface area (TPSA) is 68.3 Å². The summed E-state index contributed by atoms with van der Waals surface area (Å²) in [4.78, 5) is 3.24. The Morgan fingerprint density at radius 1 is 1.27 bits per heavy atom. The molecule has 0 aliphatic carbocycles. The fraction of sp³-hybridized carbons (Fsp3) is 0.200. The summed E-state index contributed by atoms with van der Waals surface area (Å²) in [6.45, 7) is 3.96. The minimum absolute atomic E-state index is 0.00288. The molecule has 0 spiro atoms. The van der Waals surface area contributed by atoms with E-state index in [9.17, 15) is 12.8 Å². The number of thiazole rings is 1. The lowest BCUT2D eigenvalue weighted by molar-refractivity contribution is 0.464. The van der Waals surface area contributed by atoms with Crippen molar-refractivity contribution in [3.8, 4) is 11.5 Å². The highest BCUT2D eigenvalue weighted by atomic mass is 35.5. The molecule has 0 aliphatic rings. The van der Waals surface area contributed by atoms with Gasteiger partial charge in [-0.05, 0) is 48.6 Å². The summed E-state index contributed by atoms with van der Waals surface area (Å²) >= 11 is 13.4. The molecule has 1 heterocycles. The van der Waals surface area contributed by atoms with E-state index >= 15 is 0 Å². The average Bonchev–Trinajstić information content (AvgIpc) is 3.19. The molecule has 1 unspecified atom stereocenters. The van der Waals surface area contributed by atoms with Gasteiger partial charge in [-0.15, -0.1) is 11.3 Å². The third-order valence-corrected chi connectivity index (χ3v) is 7.07. The van der Waals surface area contributed by atoms with Crippen molar-refractivity contribution in [2.45, 2.75) is 31.1 Å². The first kappa shape index (κ1) is 22.8. The molecule has 1 atom stereocenters. The largest absolute Gasteiger partial charge is 0.455 e. The lowest BCUT2D eigenvalue weighted by atomic mass is 9.93. The molecule has 0 saturated carbocycles. The average molecular weight is 488 g/mol. The van der Waals surface area contributed by atoms with Gasteiger partial charge in [0.1, 0.15) is 22.2 Å². The van der Waals surface area contributed by atoms with Crippen molar-refractivity contribution >= 4 is 49.7 Å². The van der Waals surface area contributed by atoms with Crippen molar-refractivity contribution in [3.05, 3.63) is 69.8 Å². The summed E-state index contributed by atoms with van der Waals surface area (Å²) in [5.41, 5.74) is 0.825. The molecule has 1 N–H and O–H groups in total. The molecule has 30 heavy (non-hydrogen) atoms. The Hall–Kier alpha value is -1.87. The Bertz CT molecular complexity index is 1140. The van der Waals surface area contributed by atoms with Crippen molar-refractivity contribution in [2.75, 3.05) is 4.72 Å². The fourth-order valence-electron chi connectivity index (χ4n) is 2.89. The van der Waals surface area contributed by atoms with Crippen LogP contribution in [0.5, 0.6) is 11.5 Å². The number of hydrogen-bond donors (Lipinski definition) is 1. The Kier molecular flexibility index (Phi) is 7.23. The number of benzene rings is 2. The van der Waals surface area contributed by atoms with Gasteiger partial charge >= 0.3 is 0 Å². The summed E-state index contributed by atoms with van der Waals surface area (Å²) in [6.07, 6.45) is 4.26. The van der Waals surface area contributed by atoms with Gasteiger partial charge in [0.2, 0.25) is 0 Å². The fourth-order valence-corrected chi connectivity index (χ4v) is 5.22. The molecule has 0 bridgehead atoms. The van der Waals surface area contributed by atoms with Crippen LogP contribution in [0.15, 0.2) is 46.8 Å². The molecule has 0 fully saturated rings. The number of sulfonamides is 1. The minimum atomic E-state index is -4.20. The van der Waals surface area contributed by atoms with E-state index in [0.717, 1.165) is 35.5 Å². The van der Waals surface area contributed by atoms with Crippen LogP contribution >= 0.6 is 34.5 Å². The van der Waals surface area contributed by atoms with Gasteiger partial charge in [-0.2, -0.15) is 0 Å². The molecule has 159 valence electrons. The molecular formula is C20H18Cl2FN2O3S2. The Morgan fingerprint density at radius 2 is 2.03 bits per heavy atom. The quantitative estimate of drug-likeness (QED) is 0.375. The van der Waals surface area contributed by atoms with E-state index in [1.165, 1.54) is 6.20 Å². The van der Waals surface area contributed by atoms with Gasteiger partial charge in [-0.1, -0.05) is 37.0 Å².